The van der Waals surface area contributed by atoms with Gasteiger partial charge in [-0.05, 0) is 44.8 Å². The Balaban J connectivity index is 0.000000257. The standard InChI is InChI=1S/C14H14N6O.C5H11N/c1-21-11-6-12-17-7-10(9-4-5-16-14(15)18-9)20(12)19-13(11)8-2-3-8;1-2-4-6-5-3-1/h4-8H,2-3H2,1H3,(H2,15,16,18);6H,1-5H2. The fourth-order valence-electron chi connectivity index (χ4n) is 3.21. The molecule has 142 valence electrons. The lowest BCUT2D eigenvalue weighted by Gasteiger charge is -2.08. The molecule has 8 nitrogen and oxygen atoms in total. The number of rotatable bonds is 3. The van der Waals surface area contributed by atoms with E-state index in [-0.39, 0.29) is 5.95 Å². The molecule has 0 unspecified atom stereocenters. The number of nitrogen functional groups attached to an aromatic ring is 1. The van der Waals surface area contributed by atoms with Crippen molar-refractivity contribution >= 4 is 11.6 Å². The van der Waals surface area contributed by atoms with Crippen LogP contribution >= 0.6 is 0 Å². The van der Waals surface area contributed by atoms with Gasteiger partial charge in [-0.2, -0.15) is 5.10 Å². The van der Waals surface area contributed by atoms with Crippen molar-refractivity contribution in [3.05, 3.63) is 30.2 Å². The summed E-state index contributed by atoms with van der Waals surface area (Å²) >= 11 is 0. The molecule has 0 spiro atoms. The summed E-state index contributed by atoms with van der Waals surface area (Å²) in [6.45, 7) is 2.50. The topological polar surface area (TPSA) is 103 Å². The van der Waals surface area contributed by atoms with Crippen molar-refractivity contribution in [3.63, 3.8) is 0 Å². The number of imidazole rings is 1. The molecule has 0 amide bonds. The van der Waals surface area contributed by atoms with Crippen molar-refractivity contribution in [1.29, 1.82) is 0 Å². The second kappa shape index (κ2) is 7.87. The fourth-order valence-corrected chi connectivity index (χ4v) is 3.21. The third kappa shape index (κ3) is 4.00. The van der Waals surface area contributed by atoms with Gasteiger partial charge in [-0.15, -0.1) is 0 Å². The number of methoxy groups -OCH3 is 1. The monoisotopic (exact) mass is 367 g/mol. The van der Waals surface area contributed by atoms with Crippen molar-refractivity contribution in [2.45, 2.75) is 38.0 Å². The van der Waals surface area contributed by atoms with E-state index in [0.29, 0.717) is 11.6 Å². The van der Waals surface area contributed by atoms with Gasteiger partial charge in [0.1, 0.15) is 17.1 Å². The predicted molar refractivity (Wildman–Crippen MR) is 104 cm³/mol. The molecule has 3 N–H and O–H groups in total. The highest BCUT2D eigenvalue weighted by Gasteiger charge is 2.29. The minimum atomic E-state index is 0.235. The van der Waals surface area contributed by atoms with Gasteiger partial charge in [-0.3, -0.25) is 0 Å². The smallest absolute Gasteiger partial charge is 0.220 e. The molecular formula is C19H25N7O. The minimum Gasteiger partial charge on any atom is -0.495 e. The largest absolute Gasteiger partial charge is 0.495 e. The normalized spacial score (nSPS) is 16.6. The number of piperidine rings is 1. The molecule has 2 aliphatic rings. The average Bonchev–Trinajstić information content (AvgIpc) is 3.48. The van der Waals surface area contributed by atoms with E-state index in [2.05, 4.69) is 20.3 Å². The zero-order valence-corrected chi connectivity index (χ0v) is 15.6. The van der Waals surface area contributed by atoms with Gasteiger partial charge in [0.2, 0.25) is 5.95 Å². The van der Waals surface area contributed by atoms with Gasteiger partial charge in [-0.25, -0.2) is 19.5 Å². The summed E-state index contributed by atoms with van der Waals surface area (Å²) in [6, 6.07) is 3.71. The SMILES string of the molecule is C1CCNCC1.COc1cc2ncc(-c3ccnc(N)n3)n2nc1C1CC1. The first kappa shape index (κ1) is 17.7. The summed E-state index contributed by atoms with van der Waals surface area (Å²) in [4.78, 5) is 12.5. The molecule has 4 heterocycles. The maximum atomic E-state index is 5.65. The van der Waals surface area contributed by atoms with Gasteiger partial charge in [0, 0.05) is 18.2 Å². The summed E-state index contributed by atoms with van der Waals surface area (Å²) in [5.41, 5.74) is 8.85. The van der Waals surface area contributed by atoms with E-state index in [1.807, 2.05) is 6.07 Å². The molecular weight excluding hydrogens is 342 g/mol. The molecule has 2 fully saturated rings. The molecule has 5 rings (SSSR count). The Bertz CT molecular complexity index is 904. The van der Waals surface area contributed by atoms with Crippen LogP contribution in [-0.2, 0) is 0 Å². The van der Waals surface area contributed by atoms with Gasteiger partial charge < -0.3 is 15.8 Å². The Morgan fingerprint density at radius 3 is 2.59 bits per heavy atom. The minimum absolute atomic E-state index is 0.235. The van der Waals surface area contributed by atoms with Crippen LogP contribution in [0.25, 0.3) is 17.0 Å². The molecule has 0 radical (unpaired) electrons. The number of ether oxygens (including phenoxy) is 1. The lowest BCUT2D eigenvalue weighted by atomic mass is 10.2. The number of aromatic nitrogens is 5. The Morgan fingerprint density at radius 1 is 1.19 bits per heavy atom. The van der Waals surface area contributed by atoms with E-state index in [1.54, 1.807) is 30.1 Å². The molecule has 0 bridgehead atoms. The maximum absolute atomic E-state index is 5.65. The van der Waals surface area contributed by atoms with Crippen molar-refractivity contribution in [2.24, 2.45) is 0 Å². The number of anilines is 1. The number of nitrogens with one attached hydrogen (secondary N) is 1. The van der Waals surface area contributed by atoms with Crippen LogP contribution in [0.2, 0.25) is 0 Å². The predicted octanol–water partition coefficient (Wildman–Crippen LogP) is 2.41. The quantitative estimate of drug-likeness (QED) is 0.732. The van der Waals surface area contributed by atoms with Crippen LogP contribution in [0, 0.1) is 0 Å². The Labute approximate surface area is 158 Å². The van der Waals surface area contributed by atoms with E-state index in [0.717, 1.165) is 35.6 Å². The van der Waals surface area contributed by atoms with Gasteiger partial charge in [0.05, 0.1) is 19.0 Å². The average molecular weight is 367 g/mol. The first-order valence-corrected chi connectivity index (χ1v) is 9.48. The second-order valence-electron chi connectivity index (χ2n) is 6.90. The first-order chi connectivity index (χ1) is 13.3. The summed E-state index contributed by atoms with van der Waals surface area (Å²) < 4.78 is 7.22. The third-order valence-corrected chi connectivity index (χ3v) is 4.81. The molecule has 1 saturated heterocycles. The lowest BCUT2D eigenvalue weighted by Crippen LogP contribution is -2.21. The van der Waals surface area contributed by atoms with Gasteiger partial charge >= 0.3 is 0 Å². The third-order valence-electron chi connectivity index (χ3n) is 4.81. The van der Waals surface area contributed by atoms with Crippen LogP contribution in [0.3, 0.4) is 0 Å². The highest BCUT2D eigenvalue weighted by Crippen LogP contribution is 2.43. The fraction of sp³-hybridized carbons (Fsp3) is 0.474. The van der Waals surface area contributed by atoms with E-state index in [4.69, 9.17) is 15.6 Å². The molecule has 1 aliphatic carbocycles. The molecule has 0 atom stereocenters. The second-order valence-corrected chi connectivity index (χ2v) is 6.90. The van der Waals surface area contributed by atoms with Crippen LogP contribution in [0.1, 0.15) is 43.7 Å². The summed E-state index contributed by atoms with van der Waals surface area (Å²) in [6.07, 6.45) is 9.88. The van der Waals surface area contributed by atoms with Crippen molar-refractivity contribution in [1.82, 2.24) is 29.9 Å². The molecule has 1 aliphatic heterocycles. The number of hydrogen-bond acceptors (Lipinski definition) is 7. The number of nitrogens with two attached hydrogens (primary N) is 1. The van der Waals surface area contributed by atoms with E-state index in [1.165, 1.54) is 32.4 Å². The van der Waals surface area contributed by atoms with Crippen LogP contribution in [-0.4, -0.2) is 44.8 Å². The van der Waals surface area contributed by atoms with Crippen molar-refractivity contribution in [2.75, 3.05) is 25.9 Å². The molecule has 3 aromatic rings. The Morgan fingerprint density at radius 2 is 2.00 bits per heavy atom. The summed E-state index contributed by atoms with van der Waals surface area (Å²) in [5.74, 6) is 1.51. The van der Waals surface area contributed by atoms with Gasteiger partial charge in [0.25, 0.3) is 0 Å². The maximum Gasteiger partial charge on any atom is 0.220 e. The van der Waals surface area contributed by atoms with E-state index in [9.17, 15) is 0 Å². The molecule has 1 saturated carbocycles. The highest BCUT2D eigenvalue weighted by atomic mass is 16.5. The highest BCUT2D eigenvalue weighted by molar-refractivity contribution is 5.61. The van der Waals surface area contributed by atoms with Crippen LogP contribution in [0.15, 0.2) is 24.5 Å². The van der Waals surface area contributed by atoms with Crippen molar-refractivity contribution in [3.8, 4) is 17.1 Å². The van der Waals surface area contributed by atoms with E-state index >= 15 is 0 Å². The Kier molecular flexibility index (Phi) is 5.15. The number of fused-ring (bicyclic) bond motifs is 1. The van der Waals surface area contributed by atoms with Gasteiger partial charge in [-0.1, -0.05) is 6.42 Å². The molecule has 3 aromatic heterocycles. The zero-order valence-electron chi connectivity index (χ0n) is 15.6. The van der Waals surface area contributed by atoms with Crippen molar-refractivity contribution < 1.29 is 4.74 Å². The summed E-state index contributed by atoms with van der Waals surface area (Å²) in [7, 11) is 1.66. The molecule has 0 aromatic carbocycles. The van der Waals surface area contributed by atoms with Crippen LogP contribution in [0.5, 0.6) is 5.75 Å². The first-order valence-electron chi connectivity index (χ1n) is 9.48. The summed E-state index contributed by atoms with van der Waals surface area (Å²) in [5, 5.41) is 7.99. The molecule has 8 heteroatoms. The van der Waals surface area contributed by atoms with Crippen LogP contribution in [0.4, 0.5) is 5.95 Å². The van der Waals surface area contributed by atoms with Gasteiger partial charge in [0.15, 0.2) is 5.65 Å². The van der Waals surface area contributed by atoms with Crippen LogP contribution < -0.4 is 15.8 Å². The number of nitrogens with zero attached hydrogens (tertiary/aromatic N) is 5. The van der Waals surface area contributed by atoms with E-state index < -0.39 is 0 Å². The lowest BCUT2D eigenvalue weighted by molar-refractivity contribution is 0.405. The Hall–Kier alpha value is -2.74. The molecule has 27 heavy (non-hydrogen) atoms. The number of hydrogen-bond donors (Lipinski definition) is 2. The zero-order chi connectivity index (χ0) is 18.6.